The second kappa shape index (κ2) is 8.57. The third-order valence-electron chi connectivity index (χ3n) is 5.93. The van der Waals surface area contributed by atoms with Gasteiger partial charge in [0.15, 0.2) is 11.5 Å². The van der Waals surface area contributed by atoms with Crippen LogP contribution in [0.5, 0.6) is 11.5 Å². The molecule has 1 saturated heterocycles. The number of nitriles is 1. The molecular formula is C23H25N3O3S. The van der Waals surface area contributed by atoms with E-state index in [9.17, 15) is 10.1 Å². The molecule has 3 heterocycles. The van der Waals surface area contributed by atoms with Gasteiger partial charge in [-0.25, -0.2) is 4.98 Å². The summed E-state index contributed by atoms with van der Waals surface area (Å²) >= 11 is 1.35. The summed E-state index contributed by atoms with van der Waals surface area (Å²) in [5.41, 5.74) is 4.51. The third kappa shape index (κ3) is 3.84. The predicted octanol–water partition coefficient (Wildman–Crippen LogP) is 4.11. The minimum atomic E-state index is 0.0406. The number of ether oxygens (including phenoxy) is 2. The van der Waals surface area contributed by atoms with E-state index in [1.54, 1.807) is 0 Å². The number of carbonyl (C=O) groups excluding carboxylic acids is 1. The van der Waals surface area contributed by atoms with E-state index in [4.69, 9.17) is 9.47 Å². The SMILES string of the molecule is Cc1nc(SCC(=O)N2CCC[C@H]2c2ccc3c(c2)OCCO3)c(C#N)c(C)c1C. The highest BCUT2D eigenvalue weighted by Gasteiger charge is 2.31. The first-order valence-electron chi connectivity index (χ1n) is 10.2. The van der Waals surface area contributed by atoms with Crippen LogP contribution >= 0.6 is 11.8 Å². The minimum Gasteiger partial charge on any atom is -0.486 e. The van der Waals surface area contributed by atoms with Gasteiger partial charge < -0.3 is 14.4 Å². The number of rotatable bonds is 4. The Kier molecular flexibility index (Phi) is 5.87. The smallest absolute Gasteiger partial charge is 0.233 e. The Labute approximate surface area is 181 Å². The van der Waals surface area contributed by atoms with Gasteiger partial charge in [-0.05, 0) is 62.4 Å². The molecule has 0 unspecified atom stereocenters. The molecule has 1 atom stereocenters. The molecule has 2 aromatic rings. The van der Waals surface area contributed by atoms with Crippen molar-refractivity contribution in [3.8, 4) is 17.6 Å². The summed E-state index contributed by atoms with van der Waals surface area (Å²) in [5, 5.41) is 10.2. The molecule has 0 spiro atoms. The van der Waals surface area contributed by atoms with Crippen LogP contribution in [0.15, 0.2) is 23.2 Å². The van der Waals surface area contributed by atoms with Gasteiger partial charge in [-0.15, -0.1) is 0 Å². The molecule has 156 valence electrons. The number of carbonyl (C=O) groups is 1. The van der Waals surface area contributed by atoms with E-state index >= 15 is 0 Å². The van der Waals surface area contributed by atoms with E-state index in [1.807, 2.05) is 43.9 Å². The Hall–Kier alpha value is -2.72. The van der Waals surface area contributed by atoms with Gasteiger partial charge in [-0.1, -0.05) is 17.8 Å². The number of nitrogens with zero attached hydrogens (tertiary/aromatic N) is 3. The number of hydrogen-bond donors (Lipinski definition) is 0. The maximum atomic E-state index is 13.1. The van der Waals surface area contributed by atoms with E-state index in [0.29, 0.717) is 23.8 Å². The molecule has 2 aliphatic heterocycles. The van der Waals surface area contributed by atoms with Gasteiger partial charge in [0.2, 0.25) is 5.91 Å². The average Bonchev–Trinajstić information content (AvgIpc) is 3.25. The summed E-state index contributed by atoms with van der Waals surface area (Å²) in [4.78, 5) is 19.6. The standard InChI is InChI=1S/C23H25N3O3S/c1-14-15(2)18(12-24)23(25-16(14)3)30-13-22(27)26-8-4-5-19(26)17-6-7-20-21(11-17)29-10-9-28-20/h6-7,11,19H,4-5,8-10,13H2,1-3H3/t19-/m0/s1. The molecule has 7 heteroatoms. The molecule has 2 aliphatic rings. The lowest BCUT2D eigenvalue weighted by atomic mass is 10.0. The Morgan fingerprint density at radius 2 is 2.00 bits per heavy atom. The second-order valence-corrected chi connectivity index (χ2v) is 8.64. The summed E-state index contributed by atoms with van der Waals surface area (Å²) in [6.07, 6.45) is 1.90. The van der Waals surface area contributed by atoms with Crippen molar-refractivity contribution in [3.63, 3.8) is 0 Å². The van der Waals surface area contributed by atoms with Gasteiger partial charge in [0.05, 0.1) is 17.4 Å². The Balaban J connectivity index is 1.49. The van der Waals surface area contributed by atoms with Crippen molar-refractivity contribution in [1.29, 1.82) is 5.26 Å². The summed E-state index contributed by atoms with van der Waals surface area (Å²) in [5.74, 6) is 1.85. The maximum absolute atomic E-state index is 13.1. The van der Waals surface area contributed by atoms with Gasteiger partial charge in [-0.3, -0.25) is 4.79 Å². The van der Waals surface area contributed by atoms with Crippen molar-refractivity contribution >= 4 is 17.7 Å². The fraction of sp³-hybridized carbons (Fsp3) is 0.435. The van der Waals surface area contributed by atoms with E-state index in [-0.39, 0.29) is 17.7 Å². The van der Waals surface area contributed by atoms with Crippen LogP contribution in [0, 0.1) is 32.1 Å². The van der Waals surface area contributed by atoms with E-state index in [2.05, 4.69) is 11.1 Å². The van der Waals surface area contributed by atoms with Crippen LogP contribution in [0.3, 0.4) is 0 Å². The number of hydrogen-bond acceptors (Lipinski definition) is 6. The van der Waals surface area contributed by atoms with Gasteiger partial charge in [0.1, 0.15) is 24.3 Å². The van der Waals surface area contributed by atoms with E-state index in [1.165, 1.54) is 11.8 Å². The average molecular weight is 424 g/mol. The van der Waals surface area contributed by atoms with Crippen molar-refractivity contribution in [3.05, 3.63) is 46.1 Å². The van der Waals surface area contributed by atoms with Crippen molar-refractivity contribution in [2.24, 2.45) is 0 Å². The summed E-state index contributed by atoms with van der Waals surface area (Å²) in [6, 6.07) is 8.25. The first kappa shape index (κ1) is 20.5. The minimum absolute atomic E-state index is 0.0406. The molecule has 0 radical (unpaired) electrons. The topological polar surface area (TPSA) is 75.5 Å². The zero-order chi connectivity index (χ0) is 21.3. The molecule has 1 amide bonds. The monoisotopic (exact) mass is 423 g/mol. The van der Waals surface area contributed by atoms with Gasteiger partial charge >= 0.3 is 0 Å². The normalized spacial score (nSPS) is 17.7. The van der Waals surface area contributed by atoms with Crippen LogP contribution in [-0.2, 0) is 4.79 Å². The number of aromatic nitrogens is 1. The number of amides is 1. The Bertz CT molecular complexity index is 1030. The molecule has 1 aromatic heterocycles. The molecule has 0 N–H and O–H groups in total. The van der Waals surface area contributed by atoms with Crippen LogP contribution in [-0.4, -0.2) is 41.3 Å². The van der Waals surface area contributed by atoms with Crippen molar-refractivity contribution < 1.29 is 14.3 Å². The lowest BCUT2D eigenvalue weighted by Crippen LogP contribution is -2.32. The van der Waals surface area contributed by atoms with Crippen molar-refractivity contribution in [1.82, 2.24) is 9.88 Å². The first-order chi connectivity index (χ1) is 14.5. The highest BCUT2D eigenvalue weighted by molar-refractivity contribution is 8.00. The lowest BCUT2D eigenvalue weighted by molar-refractivity contribution is -0.129. The summed E-state index contributed by atoms with van der Waals surface area (Å²) in [7, 11) is 0. The zero-order valence-electron chi connectivity index (χ0n) is 17.5. The Morgan fingerprint density at radius 1 is 1.23 bits per heavy atom. The second-order valence-electron chi connectivity index (χ2n) is 7.68. The molecule has 1 aromatic carbocycles. The molecule has 30 heavy (non-hydrogen) atoms. The van der Waals surface area contributed by atoms with Crippen LogP contribution in [0.4, 0.5) is 0 Å². The fourth-order valence-electron chi connectivity index (χ4n) is 4.04. The number of aryl methyl sites for hydroxylation is 1. The van der Waals surface area contributed by atoms with Crippen LogP contribution < -0.4 is 9.47 Å². The molecular weight excluding hydrogens is 398 g/mol. The maximum Gasteiger partial charge on any atom is 0.233 e. The molecule has 0 bridgehead atoms. The van der Waals surface area contributed by atoms with E-state index in [0.717, 1.165) is 53.3 Å². The van der Waals surface area contributed by atoms with Crippen LogP contribution in [0.25, 0.3) is 0 Å². The first-order valence-corrected chi connectivity index (χ1v) is 11.2. The highest BCUT2D eigenvalue weighted by atomic mass is 32.2. The van der Waals surface area contributed by atoms with Gasteiger partial charge in [-0.2, -0.15) is 5.26 Å². The lowest BCUT2D eigenvalue weighted by Gasteiger charge is -2.26. The molecule has 6 nitrogen and oxygen atoms in total. The summed E-state index contributed by atoms with van der Waals surface area (Å²) in [6.45, 7) is 7.70. The van der Waals surface area contributed by atoms with Crippen LogP contribution in [0.2, 0.25) is 0 Å². The molecule has 1 fully saturated rings. The number of thioether (sulfide) groups is 1. The van der Waals surface area contributed by atoms with Gasteiger partial charge in [0, 0.05) is 12.2 Å². The van der Waals surface area contributed by atoms with Crippen LogP contribution in [0.1, 0.15) is 46.8 Å². The van der Waals surface area contributed by atoms with E-state index < -0.39 is 0 Å². The predicted molar refractivity (Wildman–Crippen MR) is 115 cm³/mol. The molecule has 0 saturated carbocycles. The van der Waals surface area contributed by atoms with Gasteiger partial charge in [0.25, 0.3) is 0 Å². The number of pyridine rings is 1. The number of likely N-dealkylation sites (tertiary alicyclic amines) is 1. The number of benzene rings is 1. The zero-order valence-corrected chi connectivity index (χ0v) is 18.3. The molecule has 0 aliphatic carbocycles. The quantitative estimate of drug-likeness (QED) is 0.689. The third-order valence-corrected chi connectivity index (χ3v) is 6.89. The fourth-order valence-corrected chi connectivity index (χ4v) is 5.01. The number of fused-ring (bicyclic) bond motifs is 1. The Morgan fingerprint density at radius 3 is 2.77 bits per heavy atom. The largest absolute Gasteiger partial charge is 0.486 e. The summed E-state index contributed by atoms with van der Waals surface area (Å²) < 4.78 is 11.3. The van der Waals surface area contributed by atoms with Crippen molar-refractivity contribution in [2.45, 2.75) is 44.7 Å². The molecule has 4 rings (SSSR count). The highest BCUT2D eigenvalue weighted by Crippen LogP contribution is 2.38. The van der Waals surface area contributed by atoms with Crippen molar-refractivity contribution in [2.75, 3.05) is 25.5 Å².